The average Bonchev–Trinajstić information content (AvgIpc) is 2.58. The summed E-state index contributed by atoms with van der Waals surface area (Å²) < 4.78 is 0. The molecule has 0 aromatic rings. The molecule has 2 saturated heterocycles. The van der Waals surface area contributed by atoms with Crippen LogP contribution in [-0.4, -0.2) is 23.5 Å². The summed E-state index contributed by atoms with van der Waals surface area (Å²) in [5.41, 5.74) is 0.577. The van der Waals surface area contributed by atoms with E-state index in [1.54, 1.807) is 0 Å². The minimum Gasteiger partial charge on any atom is -0.298 e. The van der Waals surface area contributed by atoms with Crippen LogP contribution >= 0.6 is 0 Å². The van der Waals surface area contributed by atoms with Crippen molar-refractivity contribution in [1.29, 1.82) is 0 Å². The minimum absolute atomic E-state index is 0.577. The molecule has 0 spiro atoms. The van der Waals surface area contributed by atoms with Gasteiger partial charge in [0.25, 0.3) is 0 Å². The minimum atomic E-state index is 0.577. The van der Waals surface area contributed by atoms with E-state index in [-0.39, 0.29) is 0 Å². The van der Waals surface area contributed by atoms with Gasteiger partial charge in [0.05, 0.1) is 0 Å². The summed E-state index contributed by atoms with van der Waals surface area (Å²) in [4.78, 5) is 2.75. The molecule has 1 nitrogen and oxygen atoms in total. The molecule has 0 radical (unpaired) electrons. The zero-order valence-corrected chi connectivity index (χ0v) is 11.3. The molecular weight excluding hydrogens is 182 g/mol. The van der Waals surface area contributed by atoms with Crippen LogP contribution < -0.4 is 0 Å². The summed E-state index contributed by atoms with van der Waals surface area (Å²) in [5, 5.41) is 0. The van der Waals surface area contributed by atoms with Crippen LogP contribution in [0.3, 0.4) is 0 Å². The Bertz CT molecular complexity index is 188. The highest BCUT2D eigenvalue weighted by molar-refractivity contribution is 4.98. The molecule has 2 fully saturated rings. The average molecular weight is 211 g/mol. The molecule has 2 aliphatic rings. The van der Waals surface area contributed by atoms with E-state index in [9.17, 15) is 0 Å². The van der Waals surface area contributed by atoms with Gasteiger partial charge in [-0.1, -0.05) is 34.1 Å². The topological polar surface area (TPSA) is 3.24 Å². The highest BCUT2D eigenvalue weighted by Gasteiger charge is 2.43. The van der Waals surface area contributed by atoms with Gasteiger partial charge in [0.1, 0.15) is 0 Å². The van der Waals surface area contributed by atoms with Gasteiger partial charge in [-0.3, -0.25) is 4.90 Å². The van der Waals surface area contributed by atoms with Crippen LogP contribution in [0.5, 0.6) is 0 Å². The highest BCUT2D eigenvalue weighted by atomic mass is 15.2. The van der Waals surface area contributed by atoms with Gasteiger partial charge in [0.15, 0.2) is 0 Å². The van der Waals surface area contributed by atoms with Gasteiger partial charge < -0.3 is 0 Å². The van der Waals surface area contributed by atoms with Gasteiger partial charge in [0.2, 0.25) is 0 Å². The molecule has 0 aromatic heterocycles. The lowest BCUT2D eigenvalue weighted by Crippen LogP contribution is -2.44. The van der Waals surface area contributed by atoms with Gasteiger partial charge in [-0.25, -0.2) is 0 Å². The first-order valence-corrected chi connectivity index (χ1v) is 6.87. The second-order valence-electron chi connectivity index (χ2n) is 5.61. The number of fused-ring (bicyclic) bond motifs is 1. The molecule has 0 N–H and O–H groups in total. The molecule has 0 bridgehead atoms. The quantitative estimate of drug-likeness (QED) is 0.635. The lowest BCUT2D eigenvalue weighted by Gasteiger charge is -2.39. The van der Waals surface area contributed by atoms with Crippen LogP contribution in [0.15, 0.2) is 0 Å². The second-order valence-corrected chi connectivity index (χ2v) is 5.61. The maximum Gasteiger partial charge on any atom is 0.0184 e. The Morgan fingerprint density at radius 3 is 2.40 bits per heavy atom. The molecular formula is C14H29N. The predicted molar refractivity (Wildman–Crippen MR) is 68.1 cm³/mol. The highest BCUT2D eigenvalue weighted by Crippen LogP contribution is 2.42. The van der Waals surface area contributed by atoms with Crippen molar-refractivity contribution in [2.75, 3.05) is 13.1 Å². The van der Waals surface area contributed by atoms with Crippen molar-refractivity contribution in [3.05, 3.63) is 0 Å². The van der Waals surface area contributed by atoms with E-state index in [0.717, 1.165) is 11.8 Å². The van der Waals surface area contributed by atoms with Gasteiger partial charge in [-0.15, -0.1) is 0 Å². The molecule has 0 aliphatic carbocycles. The van der Waals surface area contributed by atoms with Crippen LogP contribution in [-0.2, 0) is 0 Å². The summed E-state index contributed by atoms with van der Waals surface area (Å²) >= 11 is 0. The van der Waals surface area contributed by atoms with Crippen molar-refractivity contribution in [1.82, 2.24) is 4.90 Å². The number of hydrogen-bond donors (Lipinski definition) is 0. The van der Waals surface area contributed by atoms with Crippen molar-refractivity contribution in [2.24, 2.45) is 11.8 Å². The molecule has 0 amide bonds. The Hall–Kier alpha value is -0.0400. The lowest BCUT2D eigenvalue weighted by molar-refractivity contribution is 0.107. The first kappa shape index (κ1) is 13.0. The van der Waals surface area contributed by atoms with Crippen LogP contribution in [0.2, 0.25) is 0 Å². The first-order chi connectivity index (χ1) is 7.12. The zero-order valence-electron chi connectivity index (χ0n) is 11.3. The van der Waals surface area contributed by atoms with Crippen LogP contribution in [0.1, 0.15) is 60.3 Å². The van der Waals surface area contributed by atoms with Gasteiger partial charge in [-0.2, -0.15) is 0 Å². The van der Waals surface area contributed by atoms with Crippen molar-refractivity contribution in [3.63, 3.8) is 0 Å². The van der Waals surface area contributed by atoms with Crippen LogP contribution in [0, 0.1) is 11.8 Å². The molecule has 90 valence electrons. The SMILES string of the molecule is CC.CC(C)C1CN2CCCCC2(C)C1. The van der Waals surface area contributed by atoms with E-state index in [0.29, 0.717) is 5.54 Å². The Morgan fingerprint density at radius 2 is 1.87 bits per heavy atom. The fourth-order valence-electron chi connectivity index (χ4n) is 3.14. The molecule has 2 atom stereocenters. The summed E-state index contributed by atoms with van der Waals surface area (Å²) in [7, 11) is 0. The lowest BCUT2D eigenvalue weighted by atomic mass is 9.83. The summed E-state index contributed by atoms with van der Waals surface area (Å²) in [6.07, 6.45) is 5.78. The predicted octanol–water partition coefficient (Wildman–Crippen LogP) is 3.93. The largest absolute Gasteiger partial charge is 0.298 e. The molecule has 2 heterocycles. The number of nitrogens with zero attached hydrogens (tertiary/aromatic N) is 1. The first-order valence-electron chi connectivity index (χ1n) is 6.87. The molecule has 0 aromatic carbocycles. The smallest absolute Gasteiger partial charge is 0.0184 e. The molecule has 1 heteroatoms. The van der Waals surface area contributed by atoms with Crippen molar-refractivity contribution >= 4 is 0 Å². The van der Waals surface area contributed by atoms with Crippen molar-refractivity contribution in [2.45, 2.75) is 65.8 Å². The normalized spacial score (nSPS) is 36.0. The third kappa shape index (κ3) is 2.75. The van der Waals surface area contributed by atoms with Crippen LogP contribution in [0.4, 0.5) is 0 Å². The molecule has 2 rings (SSSR count). The van der Waals surface area contributed by atoms with E-state index < -0.39 is 0 Å². The van der Waals surface area contributed by atoms with Gasteiger partial charge in [-0.05, 0) is 44.6 Å². The van der Waals surface area contributed by atoms with E-state index in [1.807, 2.05) is 13.8 Å². The van der Waals surface area contributed by atoms with Crippen molar-refractivity contribution < 1.29 is 0 Å². The molecule has 0 saturated carbocycles. The fourth-order valence-corrected chi connectivity index (χ4v) is 3.14. The maximum atomic E-state index is 2.75. The van der Waals surface area contributed by atoms with E-state index in [4.69, 9.17) is 0 Å². The summed E-state index contributed by atoms with van der Waals surface area (Å²) in [5.74, 6) is 1.84. The number of hydrogen-bond acceptors (Lipinski definition) is 1. The molecule has 2 unspecified atom stereocenters. The third-order valence-electron chi connectivity index (χ3n) is 4.26. The molecule has 2 aliphatic heterocycles. The fraction of sp³-hybridized carbons (Fsp3) is 1.00. The number of piperidine rings is 1. The Balaban J connectivity index is 0.000000531. The Kier molecular flexibility index (Phi) is 4.64. The Morgan fingerprint density at radius 1 is 1.20 bits per heavy atom. The Labute approximate surface area is 96.2 Å². The standard InChI is InChI=1S/C12H23N.C2H6/c1-10(2)11-8-12(3)6-4-5-7-13(12)9-11;1-2/h10-11H,4-9H2,1-3H3;1-2H3. The summed E-state index contributed by atoms with van der Waals surface area (Å²) in [6.45, 7) is 14.0. The van der Waals surface area contributed by atoms with E-state index in [2.05, 4.69) is 25.7 Å². The van der Waals surface area contributed by atoms with Crippen molar-refractivity contribution in [3.8, 4) is 0 Å². The van der Waals surface area contributed by atoms with Crippen LogP contribution in [0.25, 0.3) is 0 Å². The third-order valence-corrected chi connectivity index (χ3v) is 4.26. The van der Waals surface area contributed by atoms with E-state index >= 15 is 0 Å². The monoisotopic (exact) mass is 211 g/mol. The zero-order chi connectivity index (χ0) is 11.5. The summed E-state index contributed by atoms with van der Waals surface area (Å²) in [6, 6.07) is 0. The second kappa shape index (κ2) is 5.34. The number of rotatable bonds is 1. The van der Waals surface area contributed by atoms with Gasteiger partial charge >= 0.3 is 0 Å². The van der Waals surface area contributed by atoms with E-state index in [1.165, 1.54) is 38.8 Å². The van der Waals surface area contributed by atoms with Gasteiger partial charge in [0, 0.05) is 12.1 Å². The maximum absolute atomic E-state index is 2.75. The molecule has 15 heavy (non-hydrogen) atoms.